The molecule has 1 N–H and O–H groups in total. The fourth-order valence-electron chi connectivity index (χ4n) is 5.38. The maximum absolute atomic E-state index is 14.2. The molecule has 4 rings (SSSR count). The molecule has 0 saturated heterocycles. The van der Waals surface area contributed by atoms with Gasteiger partial charge in [-0.2, -0.15) is 0 Å². The number of rotatable bonds is 11. The standard InChI is InChI=1S/C32H37Cl2N3O4S/c1-23-10-9-13-25(18-23)21-36(31(38)22-37(42(2,40)41)29-17-16-26(33)20-28(29)34)30(19-24-11-5-3-6-12-24)32(39)35-27-14-7-4-8-15-27/h3,5-6,9-13,16-18,20,27,30H,4,7-8,14-15,19,21-22H2,1-2H3,(H,35,39)/t30-/m0/s1. The Balaban J connectivity index is 1.74. The van der Waals surface area contributed by atoms with E-state index in [1.807, 2.05) is 61.5 Å². The molecule has 1 saturated carbocycles. The van der Waals surface area contributed by atoms with Crippen LogP contribution in [-0.2, 0) is 32.6 Å². The van der Waals surface area contributed by atoms with Crippen LogP contribution in [0.3, 0.4) is 0 Å². The zero-order chi connectivity index (χ0) is 30.3. The Morgan fingerprint density at radius 2 is 1.62 bits per heavy atom. The first-order chi connectivity index (χ1) is 20.0. The van der Waals surface area contributed by atoms with E-state index in [2.05, 4.69) is 5.32 Å². The molecule has 1 aliphatic carbocycles. The van der Waals surface area contributed by atoms with Crippen LogP contribution in [0.2, 0.25) is 10.0 Å². The third-order valence-corrected chi connectivity index (χ3v) is 9.18. The minimum absolute atomic E-state index is 0.0424. The number of carbonyl (C=O) groups is 2. The number of amides is 2. The van der Waals surface area contributed by atoms with E-state index in [0.717, 1.165) is 59.4 Å². The van der Waals surface area contributed by atoms with Gasteiger partial charge in [-0.1, -0.05) is 103 Å². The molecule has 1 fully saturated rings. The summed E-state index contributed by atoms with van der Waals surface area (Å²) in [6, 6.07) is 20.9. The number of hydrogen-bond donors (Lipinski definition) is 1. The predicted molar refractivity (Wildman–Crippen MR) is 169 cm³/mol. The Morgan fingerprint density at radius 3 is 2.26 bits per heavy atom. The molecular formula is C32H37Cl2N3O4S. The Labute approximate surface area is 258 Å². The molecule has 3 aromatic rings. The van der Waals surface area contributed by atoms with E-state index in [1.54, 1.807) is 0 Å². The molecule has 0 bridgehead atoms. The van der Waals surface area contributed by atoms with Gasteiger partial charge in [0.15, 0.2) is 0 Å². The molecule has 1 atom stereocenters. The SMILES string of the molecule is Cc1cccc(CN(C(=O)CN(c2ccc(Cl)cc2Cl)S(C)(=O)=O)[C@@H](Cc2ccccc2)C(=O)NC2CCCCC2)c1. The lowest BCUT2D eigenvalue weighted by Gasteiger charge is -2.35. The molecule has 0 unspecified atom stereocenters. The van der Waals surface area contributed by atoms with Gasteiger partial charge in [-0.25, -0.2) is 8.42 Å². The molecule has 0 heterocycles. The van der Waals surface area contributed by atoms with Gasteiger partial charge in [-0.05, 0) is 49.1 Å². The Kier molecular flexibility index (Phi) is 10.9. The first-order valence-corrected chi connectivity index (χ1v) is 16.7. The highest BCUT2D eigenvalue weighted by atomic mass is 35.5. The van der Waals surface area contributed by atoms with E-state index < -0.39 is 28.5 Å². The van der Waals surface area contributed by atoms with Crippen LogP contribution in [0.25, 0.3) is 0 Å². The Hall–Kier alpha value is -3.07. The summed E-state index contributed by atoms with van der Waals surface area (Å²) in [6.07, 6.45) is 6.33. The highest BCUT2D eigenvalue weighted by Crippen LogP contribution is 2.31. The molecule has 0 aromatic heterocycles. The number of benzene rings is 3. The number of carbonyl (C=O) groups excluding carboxylic acids is 2. The fraction of sp³-hybridized carbons (Fsp3) is 0.375. The number of anilines is 1. The van der Waals surface area contributed by atoms with Crippen molar-refractivity contribution in [3.63, 3.8) is 0 Å². The van der Waals surface area contributed by atoms with E-state index in [1.165, 1.54) is 23.1 Å². The highest BCUT2D eigenvalue weighted by molar-refractivity contribution is 7.92. The lowest BCUT2D eigenvalue weighted by atomic mass is 9.94. The molecule has 42 heavy (non-hydrogen) atoms. The second-order valence-electron chi connectivity index (χ2n) is 10.9. The van der Waals surface area contributed by atoms with Gasteiger partial charge in [0.05, 0.1) is 17.0 Å². The number of aryl methyl sites for hydroxylation is 1. The van der Waals surface area contributed by atoms with Crippen LogP contribution in [0, 0.1) is 6.92 Å². The Morgan fingerprint density at radius 1 is 0.929 bits per heavy atom. The van der Waals surface area contributed by atoms with Crippen LogP contribution >= 0.6 is 23.2 Å². The molecule has 3 aromatic carbocycles. The van der Waals surface area contributed by atoms with E-state index in [9.17, 15) is 18.0 Å². The lowest BCUT2D eigenvalue weighted by Crippen LogP contribution is -2.55. The average Bonchev–Trinajstić information content (AvgIpc) is 2.94. The third-order valence-electron chi connectivity index (χ3n) is 7.52. The van der Waals surface area contributed by atoms with E-state index in [-0.39, 0.29) is 35.6 Å². The summed E-state index contributed by atoms with van der Waals surface area (Å²) in [4.78, 5) is 29.7. The summed E-state index contributed by atoms with van der Waals surface area (Å²) in [6.45, 7) is 1.55. The predicted octanol–water partition coefficient (Wildman–Crippen LogP) is 6.16. The third kappa shape index (κ3) is 8.72. The van der Waals surface area contributed by atoms with Crippen LogP contribution in [0.1, 0.15) is 48.8 Å². The molecule has 10 heteroatoms. The monoisotopic (exact) mass is 629 g/mol. The number of hydrogen-bond acceptors (Lipinski definition) is 4. The van der Waals surface area contributed by atoms with E-state index in [0.29, 0.717) is 5.02 Å². The number of halogens is 2. The Bertz CT molecular complexity index is 1490. The molecule has 0 spiro atoms. The van der Waals surface area contributed by atoms with Gasteiger partial charge in [-0.15, -0.1) is 0 Å². The van der Waals surface area contributed by atoms with E-state index >= 15 is 0 Å². The molecule has 1 aliphatic rings. The molecule has 0 radical (unpaired) electrons. The number of sulfonamides is 1. The summed E-state index contributed by atoms with van der Waals surface area (Å²) in [5, 5.41) is 3.64. The first kappa shape index (κ1) is 31.9. The summed E-state index contributed by atoms with van der Waals surface area (Å²) in [7, 11) is -3.93. The zero-order valence-corrected chi connectivity index (χ0v) is 26.3. The largest absolute Gasteiger partial charge is 0.352 e. The van der Waals surface area contributed by atoms with Crippen molar-refractivity contribution >= 4 is 50.7 Å². The fourth-order valence-corrected chi connectivity index (χ4v) is 6.81. The van der Waals surface area contributed by atoms with Gasteiger partial charge in [0.2, 0.25) is 21.8 Å². The van der Waals surface area contributed by atoms with Gasteiger partial charge in [0.25, 0.3) is 0 Å². The molecule has 2 amide bonds. The normalized spacial score (nSPS) is 14.7. The maximum Gasteiger partial charge on any atom is 0.244 e. The lowest BCUT2D eigenvalue weighted by molar-refractivity contribution is -0.140. The minimum atomic E-state index is -3.93. The van der Waals surface area contributed by atoms with Crippen LogP contribution in [-0.4, -0.2) is 50.0 Å². The summed E-state index contributed by atoms with van der Waals surface area (Å²) in [5.74, 6) is -0.769. The maximum atomic E-state index is 14.2. The van der Waals surface area contributed by atoms with Gasteiger partial charge in [0, 0.05) is 24.0 Å². The van der Waals surface area contributed by atoms with Crippen molar-refractivity contribution in [2.75, 3.05) is 17.1 Å². The quantitative estimate of drug-likeness (QED) is 0.275. The number of nitrogens with one attached hydrogen (secondary N) is 1. The zero-order valence-electron chi connectivity index (χ0n) is 23.9. The van der Waals surface area contributed by atoms with E-state index in [4.69, 9.17) is 23.2 Å². The van der Waals surface area contributed by atoms with Crippen LogP contribution in [0.4, 0.5) is 5.69 Å². The van der Waals surface area contributed by atoms with Gasteiger partial charge < -0.3 is 10.2 Å². The minimum Gasteiger partial charge on any atom is -0.352 e. The second kappa shape index (κ2) is 14.4. The number of nitrogens with zero attached hydrogens (tertiary/aromatic N) is 2. The molecule has 0 aliphatic heterocycles. The van der Waals surface area contributed by atoms with Crippen LogP contribution in [0.15, 0.2) is 72.8 Å². The van der Waals surface area contributed by atoms with Crippen molar-refractivity contribution in [3.05, 3.63) is 99.5 Å². The van der Waals surface area contributed by atoms with Gasteiger partial charge in [-0.3, -0.25) is 13.9 Å². The van der Waals surface area contributed by atoms with Crippen molar-refractivity contribution in [2.24, 2.45) is 0 Å². The summed E-state index contributed by atoms with van der Waals surface area (Å²) in [5.41, 5.74) is 2.88. The van der Waals surface area contributed by atoms with Crippen molar-refractivity contribution in [2.45, 2.75) is 64.1 Å². The topological polar surface area (TPSA) is 86.8 Å². The van der Waals surface area contributed by atoms with Crippen molar-refractivity contribution in [1.29, 1.82) is 0 Å². The molecule has 224 valence electrons. The van der Waals surface area contributed by atoms with Crippen LogP contribution in [0.5, 0.6) is 0 Å². The molecule has 7 nitrogen and oxygen atoms in total. The van der Waals surface area contributed by atoms with Crippen molar-refractivity contribution in [1.82, 2.24) is 10.2 Å². The molecular weight excluding hydrogens is 593 g/mol. The van der Waals surface area contributed by atoms with Gasteiger partial charge >= 0.3 is 0 Å². The van der Waals surface area contributed by atoms with Gasteiger partial charge in [0.1, 0.15) is 12.6 Å². The van der Waals surface area contributed by atoms with Crippen LogP contribution < -0.4 is 9.62 Å². The first-order valence-electron chi connectivity index (χ1n) is 14.1. The highest BCUT2D eigenvalue weighted by Gasteiger charge is 2.34. The summed E-state index contributed by atoms with van der Waals surface area (Å²) < 4.78 is 26.9. The van der Waals surface area contributed by atoms with Crippen molar-refractivity contribution in [3.8, 4) is 0 Å². The summed E-state index contributed by atoms with van der Waals surface area (Å²) >= 11 is 12.4. The van der Waals surface area contributed by atoms with Crippen molar-refractivity contribution < 1.29 is 18.0 Å². The average molecular weight is 631 g/mol. The smallest absolute Gasteiger partial charge is 0.244 e. The second-order valence-corrected chi connectivity index (χ2v) is 13.7.